The summed E-state index contributed by atoms with van der Waals surface area (Å²) >= 11 is 9.22. The Hall–Kier alpha value is -0.590. The predicted molar refractivity (Wildman–Crippen MR) is 79.2 cm³/mol. The lowest BCUT2D eigenvalue weighted by Gasteiger charge is -2.10. The number of halogens is 2. The number of amides is 1. The Bertz CT molecular complexity index is 603. The fourth-order valence-corrected chi connectivity index (χ4v) is 4.50. The molecule has 1 atom stereocenters. The second-order valence-electron chi connectivity index (χ2n) is 4.62. The van der Waals surface area contributed by atoms with E-state index in [4.69, 9.17) is 11.6 Å². The number of anilines is 1. The maximum absolute atomic E-state index is 11.9. The molecule has 1 amide bonds. The Morgan fingerprint density at radius 3 is 2.84 bits per heavy atom. The third kappa shape index (κ3) is 3.94. The maximum atomic E-state index is 11.9. The highest BCUT2D eigenvalue weighted by Gasteiger charge is 2.29. The van der Waals surface area contributed by atoms with Crippen molar-refractivity contribution in [2.75, 3.05) is 16.8 Å². The van der Waals surface area contributed by atoms with Gasteiger partial charge in [0.1, 0.15) is 0 Å². The topological polar surface area (TPSA) is 63.2 Å². The lowest BCUT2D eigenvalue weighted by atomic mass is 10.1. The van der Waals surface area contributed by atoms with Crippen LogP contribution in [0.2, 0.25) is 5.02 Å². The van der Waals surface area contributed by atoms with Gasteiger partial charge in [-0.25, -0.2) is 8.42 Å². The summed E-state index contributed by atoms with van der Waals surface area (Å²) in [5, 5.41) is 3.26. The minimum atomic E-state index is -2.94. The Labute approximate surface area is 125 Å². The average molecular weight is 367 g/mol. The van der Waals surface area contributed by atoms with E-state index in [1.165, 1.54) is 0 Å². The number of carbonyl (C=O) groups is 1. The zero-order valence-corrected chi connectivity index (χ0v) is 13.2. The number of benzene rings is 1. The van der Waals surface area contributed by atoms with Crippen molar-refractivity contribution in [1.29, 1.82) is 0 Å². The third-order valence-corrected chi connectivity index (χ3v) is 6.26. The Kier molecular flexibility index (Phi) is 4.53. The molecule has 1 aromatic rings. The predicted octanol–water partition coefficient (Wildman–Crippen LogP) is 2.87. The zero-order chi connectivity index (χ0) is 14.0. The Balaban J connectivity index is 1.97. The summed E-state index contributed by atoms with van der Waals surface area (Å²) in [4.78, 5) is 11.9. The van der Waals surface area contributed by atoms with E-state index >= 15 is 0 Å². The lowest BCUT2D eigenvalue weighted by molar-refractivity contribution is -0.116. The molecule has 1 aliphatic heterocycles. The van der Waals surface area contributed by atoms with Crippen molar-refractivity contribution in [2.45, 2.75) is 12.8 Å². The summed E-state index contributed by atoms with van der Waals surface area (Å²) in [6.07, 6.45) is 0.782. The molecule has 19 heavy (non-hydrogen) atoms. The van der Waals surface area contributed by atoms with E-state index in [1.54, 1.807) is 18.2 Å². The highest BCUT2D eigenvalue weighted by molar-refractivity contribution is 9.10. The van der Waals surface area contributed by atoms with E-state index in [-0.39, 0.29) is 29.8 Å². The fraction of sp³-hybridized carbons (Fsp3) is 0.417. The summed E-state index contributed by atoms with van der Waals surface area (Å²) in [5.74, 6) is 0.0242. The van der Waals surface area contributed by atoms with Gasteiger partial charge in [-0.05, 0) is 40.4 Å². The minimum Gasteiger partial charge on any atom is -0.325 e. The first-order chi connectivity index (χ1) is 8.87. The van der Waals surface area contributed by atoms with Crippen molar-refractivity contribution in [2.24, 2.45) is 5.92 Å². The van der Waals surface area contributed by atoms with Crippen molar-refractivity contribution in [3.8, 4) is 0 Å². The first-order valence-electron chi connectivity index (χ1n) is 5.82. The fourth-order valence-electron chi connectivity index (χ4n) is 2.10. The van der Waals surface area contributed by atoms with Gasteiger partial charge in [-0.2, -0.15) is 0 Å². The second-order valence-corrected chi connectivity index (χ2v) is 8.05. The third-order valence-electron chi connectivity index (χ3n) is 3.03. The first-order valence-corrected chi connectivity index (χ1v) is 8.81. The molecule has 0 spiro atoms. The summed E-state index contributed by atoms with van der Waals surface area (Å²) in [6, 6.07) is 5.19. The van der Waals surface area contributed by atoms with Gasteiger partial charge in [-0.3, -0.25) is 4.79 Å². The number of carbonyl (C=O) groups excluding carboxylic acids is 1. The number of hydrogen-bond acceptors (Lipinski definition) is 3. The molecule has 1 fully saturated rings. The van der Waals surface area contributed by atoms with E-state index < -0.39 is 9.84 Å². The Morgan fingerprint density at radius 2 is 2.21 bits per heavy atom. The monoisotopic (exact) mass is 365 g/mol. The van der Waals surface area contributed by atoms with Crippen molar-refractivity contribution >= 4 is 49.0 Å². The van der Waals surface area contributed by atoms with Gasteiger partial charge < -0.3 is 5.32 Å². The SMILES string of the molecule is O=C(CC1CCS(=O)(=O)C1)Nc1cccc(Cl)c1Br. The highest BCUT2D eigenvalue weighted by Crippen LogP contribution is 2.30. The van der Waals surface area contributed by atoms with Gasteiger partial charge in [-0.15, -0.1) is 0 Å². The van der Waals surface area contributed by atoms with E-state index in [2.05, 4.69) is 21.2 Å². The number of rotatable bonds is 3. The van der Waals surface area contributed by atoms with Gasteiger partial charge in [-0.1, -0.05) is 17.7 Å². The summed E-state index contributed by atoms with van der Waals surface area (Å²) in [6.45, 7) is 0. The van der Waals surface area contributed by atoms with Gasteiger partial charge in [0.15, 0.2) is 9.84 Å². The van der Waals surface area contributed by atoms with E-state index in [0.717, 1.165) is 0 Å². The van der Waals surface area contributed by atoms with Crippen LogP contribution in [0.25, 0.3) is 0 Å². The van der Waals surface area contributed by atoms with Crippen LogP contribution >= 0.6 is 27.5 Å². The van der Waals surface area contributed by atoms with Crippen LogP contribution in [0.15, 0.2) is 22.7 Å². The molecule has 1 heterocycles. The van der Waals surface area contributed by atoms with E-state index in [9.17, 15) is 13.2 Å². The number of hydrogen-bond donors (Lipinski definition) is 1. The molecule has 0 radical (unpaired) electrons. The average Bonchev–Trinajstić information content (AvgIpc) is 2.64. The molecule has 104 valence electrons. The van der Waals surface area contributed by atoms with Crippen LogP contribution in [0.1, 0.15) is 12.8 Å². The molecule has 2 rings (SSSR count). The minimum absolute atomic E-state index is 0.0806. The van der Waals surface area contributed by atoms with Gasteiger partial charge in [0.2, 0.25) is 5.91 Å². The van der Waals surface area contributed by atoms with Gasteiger partial charge in [0, 0.05) is 6.42 Å². The van der Waals surface area contributed by atoms with Crippen molar-refractivity contribution in [3.05, 3.63) is 27.7 Å². The molecule has 0 bridgehead atoms. The van der Waals surface area contributed by atoms with Gasteiger partial charge in [0.25, 0.3) is 0 Å². The van der Waals surface area contributed by atoms with Crippen LogP contribution in [0, 0.1) is 5.92 Å². The molecule has 7 heteroatoms. The van der Waals surface area contributed by atoms with Crippen molar-refractivity contribution in [1.82, 2.24) is 0 Å². The molecule has 1 N–H and O–H groups in total. The molecular formula is C12H13BrClNO3S. The van der Waals surface area contributed by atoms with Crippen molar-refractivity contribution < 1.29 is 13.2 Å². The quantitative estimate of drug-likeness (QED) is 0.894. The second kappa shape index (κ2) is 5.81. The number of nitrogens with one attached hydrogen (secondary N) is 1. The molecule has 4 nitrogen and oxygen atoms in total. The number of sulfone groups is 1. The van der Waals surface area contributed by atoms with E-state index in [0.29, 0.717) is 21.6 Å². The molecule has 1 saturated heterocycles. The molecule has 0 aliphatic carbocycles. The molecule has 1 aromatic carbocycles. The highest BCUT2D eigenvalue weighted by atomic mass is 79.9. The standard InChI is InChI=1S/C12H13BrClNO3S/c13-12-9(14)2-1-3-10(12)15-11(16)6-8-4-5-19(17,18)7-8/h1-3,8H,4-7H2,(H,15,16). The summed E-state index contributed by atoms with van der Waals surface area (Å²) < 4.78 is 23.3. The Morgan fingerprint density at radius 1 is 1.47 bits per heavy atom. The molecule has 0 aromatic heterocycles. The molecule has 1 unspecified atom stereocenters. The molecular weight excluding hydrogens is 354 g/mol. The van der Waals surface area contributed by atoms with Crippen molar-refractivity contribution in [3.63, 3.8) is 0 Å². The first kappa shape index (κ1) is 14.8. The van der Waals surface area contributed by atoms with Gasteiger partial charge in [0.05, 0.1) is 26.7 Å². The largest absolute Gasteiger partial charge is 0.325 e. The zero-order valence-electron chi connectivity index (χ0n) is 10.0. The molecule has 0 saturated carbocycles. The van der Waals surface area contributed by atoms with Crippen LogP contribution in [0.3, 0.4) is 0 Å². The van der Waals surface area contributed by atoms with Crippen LogP contribution in [-0.4, -0.2) is 25.8 Å². The van der Waals surface area contributed by atoms with Crippen LogP contribution in [0.5, 0.6) is 0 Å². The summed E-state index contributed by atoms with van der Waals surface area (Å²) in [7, 11) is -2.94. The van der Waals surface area contributed by atoms with E-state index in [1.807, 2.05) is 0 Å². The van der Waals surface area contributed by atoms with Crippen LogP contribution in [0.4, 0.5) is 5.69 Å². The summed E-state index contributed by atoms with van der Waals surface area (Å²) in [5.41, 5.74) is 0.596. The van der Waals surface area contributed by atoms with Crippen LogP contribution < -0.4 is 5.32 Å². The van der Waals surface area contributed by atoms with Gasteiger partial charge >= 0.3 is 0 Å². The maximum Gasteiger partial charge on any atom is 0.224 e. The molecule has 1 aliphatic rings. The van der Waals surface area contributed by atoms with Crippen LogP contribution in [-0.2, 0) is 14.6 Å². The normalized spacial score (nSPS) is 21.3. The lowest BCUT2D eigenvalue weighted by Crippen LogP contribution is -2.17. The smallest absolute Gasteiger partial charge is 0.224 e.